The minimum Gasteiger partial charge on any atom is -0.378 e. The summed E-state index contributed by atoms with van der Waals surface area (Å²) in [5.74, 6) is 1.12. The largest absolute Gasteiger partial charge is 0.378 e. The van der Waals surface area contributed by atoms with Crippen LogP contribution in [0.5, 0.6) is 0 Å². The highest BCUT2D eigenvalue weighted by molar-refractivity contribution is 5.84. The Labute approximate surface area is 156 Å². The van der Waals surface area contributed by atoms with E-state index in [1.165, 1.54) is 5.56 Å². The number of hydrogen-bond donors (Lipinski definition) is 2. The molecule has 3 aromatic heterocycles. The van der Waals surface area contributed by atoms with Gasteiger partial charge in [0.25, 0.3) is 0 Å². The summed E-state index contributed by atoms with van der Waals surface area (Å²) in [5.41, 5.74) is 5.42. The van der Waals surface area contributed by atoms with Crippen molar-refractivity contribution in [3.05, 3.63) is 36.2 Å². The van der Waals surface area contributed by atoms with Crippen LogP contribution < -0.4 is 5.32 Å². The lowest BCUT2D eigenvalue weighted by molar-refractivity contribution is -0.135. The summed E-state index contributed by atoms with van der Waals surface area (Å²) in [5, 5.41) is 7.79. The smallest absolute Gasteiger partial charge is 0.242 e. The molecule has 0 unspecified atom stereocenters. The van der Waals surface area contributed by atoms with Crippen LogP contribution in [0.1, 0.15) is 5.56 Å². The summed E-state index contributed by atoms with van der Waals surface area (Å²) in [6, 6.07) is 6.14. The highest BCUT2D eigenvalue weighted by Crippen LogP contribution is 2.38. The van der Waals surface area contributed by atoms with Gasteiger partial charge in [-0.1, -0.05) is 0 Å². The Morgan fingerprint density at radius 3 is 3.04 bits per heavy atom. The van der Waals surface area contributed by atoms with Crippen molar-refractivity contribution in [3.63, 3.8) is 0 Å². The predicted molar refractivity (Wildman–Crippen MR) is 101 cm³/mol. The summed E-state index contributed by atoms with van der Waals surface area (Å²) in [7, 11) is 1.96. The third-order valence-electron chi connectivity index (χ3n) is 5.32. The standard InChI is InChI=1S/C19H22N6O2/c1-23-18-13(11-21-23)10-20-19-14(18)9-15(22-19)16-3-2-4-25(16)12-17(26)24-5-7-27-8-6-24/h2-4,9,11,20,22H,5-8,10,12H2,1H3. The van der Waals surface area contributed by atoms with Crippen LogP contribution >= 0.6 is 0 Å². The van der Waals surface area contributed by atoms with Gasteiger partial charge in [-0.25, -0.2) is 0 Å². The number of aromatic amines is 1. The number of aryl methyl sites for hydroxylation is 1. The van der Waals surface area contributed by atoms with Crippen LogP contribution in [0.25, 0.3) is 22.6 Å². The summed E-state index contributed by atoms with van der Waals surface area (Å²) < 4.78 is 9.25. The number of amides is 1. The second-order valence-corrected chi connectivity index (χ2v) is 6.98. The Hall–Kier alpha value is -3.00. The number of rotatable bonds is 3. The van der Waals surface area contributed by atoms with Crippen LogP contribution in [0.3, 0.4) is 0 Å². The van der Waals surface area contributed by atoms with E-state index >= 15 is 0 Å². The molecule has 0 aromatic carbocycles. The topological polar surface area (TPSA) is 80.1 Å². The van der Waals surface area contributed by atoms with Gasteiger partial charge >= 0.3 is 0 Å². The average molecular weight is 366 g/mol. The average Bonchev–Trinajstić information content (AvgIpc) is 3.40. The Balaban J connectivity index is 1.44. The zero-order valence-corrected chi connectivity index (χ0v) is 15.2. The van der Waals surface area contributed by atoms with Crippen LogP contribution in [0.4, 0.5) is 5.82 Å². The lowest BCUT2D eigenvalue weighted by Crippen LogP contribution is -2.42. The number of nitrogens with zero attached hydrogens (tertiary/aromatic N) is 4. The van der Waals surface area contributed by atoms with Crippen LogP contribution in [-0.2, 0) is 29.7 Å². The fraction of sp³-hybridized carbons (Fsp3) is 0.368. The van der Waals surface area contributed by atoms with Crippen molar-refractivity contribution in [2.45, 2.75) is 13.1 Å². The highest BCUT2D eigenvalue weighted by Gasteiger charge is 2.24. The van der Waals surface area contributed by atoms with Gasteiger partial charge < -0.3 is 24.5 Å². The molecule has 27 heavy (non-hydrogen) atoms. The number of morpholine rings is 1. The molecule has 0 saturated carbocycles. The maximum absolute atomic E-state index is 12.6. The van der Waals surface area contributed by atoms with E-state index < -0.39 is 0 Å². The molecule has 0 radical (unpaired) electrons. The molecule has 0 aliphatic carbocycles. The predicted octanol–water partition coefficient (Wildman–Crippen LogP) is 1.67. The number of hydrogen-bond acceptors (Lipinski definition) is 4. The van der Waals surface area contributed by atoms with E-state index in [1.54, 1.807) is 0 Å². The second kappa shape index (κ2) is 6.31. The van der Waals surface area contributed by atoms with Gasteiger partial charge in [0, 0.05) is 44.0 Å². The SMILES string of the molecule is Cn1ncc2c1-c1cc(-c3cccn3CC(=O)N3CCOCC3)[nH]c1NC2. The molecule has 1 amide bonds. The molecular weight excluding hydrogens is 344 g/mol. The molecule has 5 heterocycles. The molecule has 2 aliphatic rings. The van der Waals surface area contributed by atoms with E-state index in [0.29, 0.717) is 32.8 Å². The quantitative estimate of drug-likeness (QED) is 0.739. The summed E-state index contributed by atoms with van der Waals surface area (Å²) in [6.45, 7) is 3.65. The number of aromatic nitrogens is 4. The van der Waals surface area contributed by atoms with Crippen molar-refractivity contribution < 1.29 is 9.53 Å². The van der Waals surface area contributed by atoms with Gasteiger partial charge in [-0.2, -0.15) is 5.10 Å². The van der Waals surface area contributed by atoms with Crippen molar-refractivity contribution in [2.24, 2.45) is 7.05 Å². The van der Waals surface area contributed by atoms with E-state index in [4.69, 9.17) is 4.74 Å². The molecule has 1 saturated heterocycles. The van der Waals surface area contributed by atoms with Crippen molar-refractivity contribution in [2.75, 3.05) is 31.6 Å². The fourth-order valence-corrected chi connectivity index (χ4v) is 3.92. The maximum Gasteiger partial charge on any atom is 0.242 e. The summed E-state index contributed by atoms with van der Waals surface area (Å²) in [6.07, 6.45) is 3.86. The zero-order chi connectivity index (χ0) is 18.4. The molecule has 2 aliphatic heterocycles. The number of anilines is 1. The van der Waals surface area contributed by atoms with E-state index in [9.17, 15) is 4.79 Å². The fourth-order valence-electron chi connectivity index (χ4n) is 3.92. The van der Waals surface area contributed by atoms with Crippen molar-refractivity contribution in [1.82, 2.24) is 24.2 Å². The molecule has 0 spiro atoms. The Morgan fingerprint density at radius 1 is 1.33 bits per heavy atom. The maximum atomic E-state index is 12.6. The highest BCUT2D eigenvalue weighted by atomic mass is 16.5. The molecule has 0 bridgehead atoms. The first-order valence-electron chi connectivity index (χ1n) is 9.20. The lowest BCUT2D eigenvalue weighted by Gasteiger charge is -2.27. The molecule has 8 heteroatoms. The number of carbonyl (C=O) groups is 1. The van der Waals surface area contributed by atoms with Crippen LogP contribution in [0.15, 0.2) is 30.6 Å². The van der Waals surface area contributed by atoms with E-state index in [1.807, 2.05) is 45.7 Å². The van der Waals surface area contributed by atoms with Gasteiger partial charge in [0.05, 0.1) is 36.5 Å². The lowest BCUT2D eigenvalue weighted by atomic mass is 10.1. The van der Waals surface area contributed by atoms with Gasteiger partial charge in [0.15, 0.2) is 0 Å². The minimum absolute atomic E-state index is 0.124. The zero-order valence-electron chi connectivity index (χ0n) is 15.2. The first kappa shape index (κ1) is 16.2. The molecule has 140 valence electrons. The molecule has 1 fully saturated rings. The third-order valence-corrected chi connectivity index (χ3v) is 5.32. The van der Waals surface area contributed by atoms with Gasteiger partial charge in [0.2, 0.25) is 5.91 Å². The van der Waals surface area contributed by atoms with Crippen LogP contribution in [0.2, 0.25) is 0 Å². The Kier molecular flexibility index (Phi) is 3.78. The Morgan fingerprint density at radius 2 is 2.19 bits per heavy atom. The van der Waals surface area contributed by atoms with Crippen molar-refractivity contribution in [1.29, 1.82) is 0 Å². The summed E-state index contributed by atoms with van der Waals surface area (Å²) in [4.78, 5) is 18.0. The second-order valence-electron chi connectivity index (χ2n) is 6.98. The van der Waals surface area contributed by atoms with Crippen LogP contribution in [0, 0.1) is 0 Å². The van der Waals surface area contributed by atoms with Gasteiger partial charge in [-0.15, -0.1) is 0 Å². The monoisotopic (exact) mass is 366 g/mol. The van der Waals surface area contributed by atoms with E-state index in [2.05, 4.69) is 21.5 Å². The van der Waals surface area contributed by atoms with E-state index in [0.717, 1.165) is 35.0 Å². The minimum atomic E-state index is 0.124. The number of carbonyl (C=O) groups excluding carboxylic acids is 1. The number of ether oxygens (including phenoxy) is 1. The normalized spacial score (nSPS) is 16.0. The molecule has 3 aromatic rings. The van der Waals surface area contributed by atoms with Gasteiger partial charge in [-0.3, -0.25) is 9.48 Å². The third kappa shape index (κ3) is 2.73. The first-order chi connectivity index (χ1) is 13.2. The number of fused-ring (bicyclic) bond motifs is 3. The molecule has 5 rings (SSSR count). The van der Waals surface area contributed by atoms with E-state index in [-0.39, 0.29) is 5.91 Å². The van der Waals surface area contributed by atoms with Crippen molar-refractivity contribution >= 4 is 11.7 Å². The molecule has 2 N–H and O–H groups in total. The molecule has 8 nitrogen and oxygen atoms in total. The van der Waals surface area contributed by atoms with Crippen molar-refractivity contribution in [3.8, 4) is 22.6 Å². The van der Waals surface area contributed by atoms with Crippen LogP contribution in [-0.4, -0.2) is 56.4 Å². The molecule has 0 atom stereocenters. The number of nitrogens with one attached hydrogen (secondary N) is 2. The van der Waals surface area contributed by atoms with Gasteiger partial charge in [-0.05, 0) is 18.2 Å². The Bertz CT molecular complexity index is 992. The number of H-pyrrole nitrogens is 1. The molecular formula is C19H22N6O2. The summed E-state index contributed by atoms with van der Waals surface area (Å²) >= 11 is 0. The first-order valence-corrected chi connectivity index (χ1v) is 9.20. The van der Waals surface area contributed by atoms with Gasteiger partial charge in [0.1, 0.15) is 12.4 Å².